The van der Waals surface area contributed by atoms with Gasteiger partial charge in [-0.05, 0) is 37.6 Å². The molecule has 3 aromatic rings. The average Bonchev–Trinajstić information content (AvgIpc) is 2.53. The molecule has 4 nitrogen and oxygen atoms in total. The number of halogens is 1. The van der Waals surface area contributed by atoms with E-state index in [9.17, 15) is 4.79 Å². The fourth-order valence-corrected chi connectivity index (χ4v) is 2.92. The SMILES string of the molecule is CCc1ccc2c(-c3cccc(Br)c3)nc(=O)n(CC)c2n1. The Labute approximate surface area is 137 Å². The minimum absolute atomic E-state index is 0.259. The standard InChI is InChI=1S/C17H16BrN3O/c1-3-13-8-9-14-15(11-6-5-7-12(18)10-11)20-17(22)21(4-2)16(14)19-13/h5-10H,3-4H2,1-2H3. The number of rotatable bonds is 3. The molecule has 0 spiro atoms. The minimum Gasteiger partial charge on any atom is -0.276 e. The van der Waals surface area contributed by atoms with Crippen LogP contribution < -0.4 is 5.69 Å². The van der Waals surface area contributed by atoms with Crippen LogP contribution in [0.5, 0.6) is 0 Å². The van der Waals surface area contributed by atoms with E-state index in [0.717, 1.165) is 27.5 Å². The maximum Gasteiger partial charge on any atom is 0.349 e. The molecule has 0 bridgehead atoms. The van der Waals surface area contributed by atoms with Crippen LogP contribution in [0.4, 0.5) is 0 Å². The first-order chi connectivity index (χ1) is 10.6. The lowest BCUT2D eigenvalue weighted by molar-refractivity contribution is 0.721. The third-order valence-electron chi connectivity index (χ3n) is 3.66. The van der Waals surface area contributed by atoms with Crippen LogP contribution in [0, 0.1) is 0 Å². The first-order valence-electron chi connectivity index (χ1n) is 7.30. The molecular formula is C17H16BrN3O. The smallest absolute Gasteiger partial charge is 0.276 e. The van der Waals surface area contributed by atoms with Gasteiger partial charge < -0.3 is 0 Å². The summed E-state index contributed by atoms with van der Waals surface area (Å²) in [6, 6.07) is 11.8. The highest BCUT2D eigenvalue weighted by Crippen LogP contribution is 2.27. The molecule has 2 heterocycles. The average molecular weight is 358 g/mol. The second kappa shape index (κ2) is 6.01. The van der Waals surface area contributed by atoms with Crippen molar-refractivity contribution >= 4 is 27.0 Å². The molecule has 0 atom stereocenters. The molecule has 0 aliphatic heterocycles. The Morgan fingerprint density at radius 2 is 1.95 bits per heavy atom. The molecule has 0 saturated carbocycles. The van der Waals surface area contributed by atoms with Crippen LogP contribution in [-0.4, -0.2) is 14.5 Å². The summed E-state index contributed by atoms with van der Waals surface area (Å²) in [4.78, 5) is 21.3. The molecule has 2 aromatic heterocycles. The van der Waals surface area contributed by atoms with Gasteiger partial charge in [0.1, 0.15) is 5.65 Å². The second-order valence-electron chi connectivity index (χ2n) is 5.02. The summed E-state index contributed by atoms with van der Waals surface area (Å²) in [5, 5.41) is 0.900. The van der Waals surface area contributed by atoms with Gasteiger partial charge in [-0.3, -0.25) is 4.57 Å². The summed E-state index contributed by atoms with van der Waals surface area (Å²) >= 11 is 3.47. The number of benzene rings is 1. The number of hydrogen-bond donors (Lipinski definition) is 0. The zero-order chi connectivity index (χ0) is 15.7. The van der Waals surface area contributed by atoms with Gasteiger partial charge in [0.2, 0.25) is 0 Å². The van der Waals surface area contributed by atoms with Crippen LogP contribution in [0.2, 0.25) is 0 Å². The predicted octanol–water partition coefficient (Wildman–Crippen LogP) is 3.80. The zero-order valence-electron chi connectivity index (χ0n) is 12.5. The van der Waals surface area contributed by atoms with E-state index < -0.39 is 0 Å². The van der Waals surface area contributed by atoms with Gasteiger partial charge in [0.05, 0.1) is 5.69 Å². The fourth-order valence-electron chi connectivity index (χ4n) is 2.52. The number of hydrogen-bond acceptors (Lipinski definition) is 3. The van der Waals surface area contributed by atoms with Crippen molar-refractivity contribution in [2.45, 2.75) is 26.8 Å². The Kier molecular flexibility index (Phi) is 4.07. The van der Waals surface area contributed by atoms with Gasteiger partial charge in [0.15, 0.2) is 0 Å². The lowest BCUT2D eigenvalue weighted by atomic mass is 10.1. The van der Waals surface area contributed by atoms with Crippen molar-refractivity contribution in [1.29, 1.82) is 0 Å². The fraction of sp³-hybridized carbons (Fsp3) is 0.235. The van der Waals surface area contributed by atoms with E-state index in [1.54, 1.807) is 4.57 Å². The summed E-state index contributed by atoms with van der Waals surface area (Å²) < 4.78 is 2.58. The van der Waals surface area contributed by atoms with Crippen LogP contribution in [0.3, 0.4) is 0 Å². The Morgan fingerprint density at radius 3 is 2.64 bits per heavy atom. The van der Waals surface area contributed by atoms with Gasteiger partial charge in [0, 0.05) is 27.7 Å². The minimum atomic E-state index is -0.259. The van der Waals surface area contributed by atoms with E-state index in [4.69, 9.17) is 0 Å². The summed E-state index contributed by atoms with van der Waals surface area (Å²) in [6.45, 7) is 4.54. The second-order valence-corrected chi connectivity index (χ2v) is 5.94. The normalized spacial score (nSPS) is 11.0. The molecule has 0 saturated heterocycles. The quantitative estimate of drug-likeness (QED) is 0.716. The molecule has 0 aliphatic rings. The van der Waals surface area contributed by atoms with E-state index in [2.05, 4.69) is 32.8 Å². The van der Waals surface area contributed by atoms with Crippen LogP contribution >= 0.6 is 15.9 Å². The highest BCUT2D eigenvalue weighted by atomic mass is 79.9. The molecule has 0 radical (unpaired) electrons. The maximum atomic E-state index is 12.3. The van der Waals surface area contributed by atoms with Gasteiger partial charge in [-0.15, -0.1) is 0 Å². The highest BCUT2D eigenvalue weighted by molar-refractivity contribution is 9.10. The van der Waals surface area contributed by atoms with Gasteiger partial charge in [-0.25, -0.2) is 9.78 Å². The third kappa shape index (κ3) is 2.57. The number of aryl methyl sites for hydroxylation is 2. The molecule has 112 valence electrons. The van der Waals surface area contributed by atoms with Crippen LogP contribution in [-0.2, 0) is 13.0 Å². The lowest BCUT2D eigenvalue weighted by Crippen LogP contribution is -2.24. The van der Waals surface area contributed by atoms with Crippen LogP contribution in [0.1, 0.15) is 19.5 Å². The van der Waals surface area contributed by atoms with Crippen molar-refractivity contribution in [3.8, 4) is 11.3 Å². The van der Waals surface area contributed by atoms with E-state index in [1.165, 1.54) is 0 Å². The maximum absolute atomic E-state index is 12.3. The summed E-state index contributed by atoms with van der Waals surface area (Å²) in [5.74, 6) is 0. The van der Waals surface area contributed by atoms with Crippen molar-refractivity contribution in [1.82, 2.24) is 14.5 Å². The van der Waals surface area contributed by atoms with Gasteiger partial charge in [0.25, 0.3) is 0 Å². The van der Waals surface area contributed by atoms with Crippen molar-refractivity contribution in [2.75, 3.05) is 0 Å². The Hall–Kier alpha value is -2.01. The number of fused-ring (bicyclic) bond motifs is 1. The summed E-state index contributed by atoms with van der Waals surface area (Å²) in [6.07, 6.45) is 0.836. The molecule has 0 aliphatic carbocycles. The van der Waals surface area contributed by atoms with E-state index in [-0.39, 0.29) is 5.69 Å². The first-order valence-corrected chi connectivity index (χ1v) is 8.09. The highest BCUT2D eigenvalue weighted by Gasteiger charge is 2.13. The summed E-state index contributed by atoms with van der Waals surface area (Å²) in [7, 11) is 0. The van der Waals surface area contributed by atoms with Gasteiger partial charge >= 0.3 is 5.69 Å². The molecule has 5 heteroatoms. The molecule has 3 rings (SSSR count). The largest absolute Gasteiger partial charge is 0.349 e. The summed E-state index contributed by atoms with van der Waals surface area (Å²) in [5.41, 5.74) is 3.01. The Bertz CT molecular complexity index is 902. The lowest BCUT2D eigenvalue weighted by Gasteiger charge is -2.11. The predicted molar refractivity (Wildman–Crippen MR) is 92.0 cm³/mol. The zero-order valence-corrected chi connectivity index (χ0v) is 14.1. The van der Waals surface area contributed by atoms with Crippen LogP contribution in [0.25, 0.3) is 22.3 Å². The van der Waals surface area contributed by atoms with E-state index in [0.29, 0.717) is 17.9 Å². The van der Waals surface area contributed by atoms with E-state index >= 15 is 0 Å². The van der Waals surface area contributed by atoms with Crippen molar-refractivity contribution in [3.63, 3.8) is 0 Å². The molecule has 1 aromatic carbocycles. The molecule has 0 fully saturated rings. The number of aromatic nitrogens is 3. The number of nitrogens with zero attached hydrogens (tertiary/aromatic N) is 3. The van der Waals surface area contributed by atoms with Gasteiger partial charge in [-0.1, -0.05) is 35.0 Å². The van der Waals surface area contributed by atoms with Crippen molar-refractivity contribution in [2.24, 2.45) is 0 Å². The monoisotopic (exact) mass is 357 g/mol. The topological polar surface area (TPSA) is 47.8 Å². The third-order valence-corrected chi connectivity index (χ3v) is 4.15. The van der Waals surface area contributed by atoms with Crippen molar-refractivity contribution < 1.29 is 0 Å². The van der Waals surface area contributed by atoms with E-state index in [1.807, 2.05) is 43.3 Å². The molecule has 0 unspecified atom stereocenters. The van der Waals surface area contributed by atoms with Gasteiger partial charge in [-0.2, -0.15) is 4.98 Å². The van der Waals surface area contributed by atoms with Crippen LogP contribution in [0.15, 0.2) is 45.7 Å². The molecule has 0 N–H and O–H groups in total. The number of pyridine rings is 1. The molecule has 0 amide bonds. The Balaban J connectivity index is 2.39. The van der Waals surface area contributed by atoms with Crippen molar-refractivity contribution in [3.05, 3.63) is 57.0 Å². The molecule has 22 heavy (non-hydrogen) atoms. The molecular weight excluding hydrogens is 342 g/mol. The Morgan fingerprint density at radius 1 is 1.14 bits per heavy atom. The first kappa shape index (κ1) is 14.9.